The van der Waals surface area contributed by atoms with Crippen LogP contribution in [-0.2, 0) is 20.9 Å². The molecular formula is C14H14N2O4. The Labute approximate surface area is 115 Å². The molecule has 104 valence electrons. The molecule has 0 fully saturated rings. The first-order chi connectivity index (χ1) is 9.66. The summed E-state index contributed by atoms with van der Waals surface area (Å²) >= 11 is 0. The first-order valence-electron chi connectivity index (χ1n) is 6.04. The van der Waals surface area contributed by atoms with Crippen molar-refractivity contribution >= 4 is 11.9 Å². The maximum absolute atomic E-state index is 12.1. The molecule has 20 heavy (non-hydrogen) atoms. The Morgan fingerprint density at radius 1 is 1.40 bits per heavy atom. The number of aromatic nitrogens is 1. The highest BCUT2D eigenvalue weighted by Crippen LogP contribution is 2.17. The molecule has 2 rings (SSSR count). The molecule has 0 saturated carbocycles. The number of rotatable bonds is 5. The summed E-state index contributed by atoms with van der Waals surface area (Å²) < 4.78 is 10.2. The summed E-state index contributed by atoms with van der Waals surface area (Å²) in [7, 11) is 0. The molecule has 0 aromatic carbocycles. The van der Waals surface area contributed by atoms with Gasteiger partial charge in [-0.1, -0.05) is 6.07 Å². The van der Waals surface area contributed by atoms with Gasteiger partial charge in [0.15, 0.2) is 0 Å². The summed E-state index contributed by atoms with van der Waals surface area (Å²) in [6.07, 6.45) is 3.57. The van der Waals surface area contributed by atoms with Crippen LogP contribution in [0.5, 0.6) is 0 Å². The van der Waals surface area contributed by atoms with Crippen LogP contribution in [0.2, 0.25) is 0 Å². The summed E-state index contributed by atoms with van der Waals surface area (Å²) in [5.41, 5.74) is 0.514. The van der Waals surface area contributed by atoms with Gasteiger partial charge in [0.25, 0.3) is 5.91 Å². The van der Waals surface area contributed by atoms with Crippen LogP contribution in [0.3, 0.4) is 0 Å². The number of carbonyl (C=O) groups excluding carboxylic acids is 2. The van der Waals surface area contributed by atoms with E-state index in [0.717, 1.165) is 0 Å². The van der Waals surface area contributed by atoms with Crippen molar-refractivity contribution in [3.05, 3.63) is 54.2 Å². The molecule has 6 nitrogen and oxygen atoms in total. The number of hydrogen-bond donors (Lipinski definition) is 1. The van der Waals surface area contributed by atoms with Gasteiger partial charge in [0.05, 0.1) is 12.8 Å². The smallest absolute Gasteiger partial charge is 0.303 e. The van der Waals surface area contributed by atoms with Crippen LogP contribution in [0, 0.1) is 0 Å². The van der Waals surface area contributed by atoms with Crippen molar-refractivity contribution in [3.63, 3.8) is 0 Å². The van der Waals surface area contributed by atoms with Gasteiger partial charge >= 0.3 is 5.97 Å². The van der Waals surface area contributed by atoms with Crippen molar-refractivity contribution in [3.8, 4) is 0 Å². The molecule has 2 heterocycles. The van der Waals surface area contributed by atoms with Crippen LogP contribution in [0.4, 0.5) is 0 Å². The maximum Gasteiger partial charge on any atom is 0.303 e. The summed E-state index contributed by atoms with van der Waals surface area (Å²) in [5.74, 6) is -0.345. The molecule has 1 N–H and O–H groups in total. The predicted octanol–water partition coefficient (Wildman–Crippen LogP) is 1.60. The highest BCUT2D eigenvalue weighted by atomic mass is 16.5. The molecular weight excluding hydrogens is 260 g/mol. The van der Waals surface area contributed by atoms with Crippen molar-refractivity contribution in [1.29, 1.82) is 0 Å². The van der Waals surface area contributed by atoms with E-state index < -0.39 is 18.0 Å². The molecule has 0 aliphatic rings. The van der Waals surface area contributed by atoms with Gasteiger partial charge in [-0.3, -0.25) is 14.6 Å². The van der Waals surface area contributed by atoms with E-state index in [0.29, 0.717) is 11.3 Å². The highest BCUT2D eigenvalue weighted by molar-refractivity contribution is 5.84. The maximum atomic E-state index is 12.1. The zero-order valence-corrected chi connectivity index (χ0v) is 10.9. The Morgan fingerprint density at radius 3 is 2.85 bits per heavy atom. The number of ether oxygens (including phenoxy) is 1. The summed E-state index contributed by atoms with van der Waals surface area (Å²) in [5, 5.41) is 2.65. The lowest BCUT2D eigenvalue weighted by molar-refractivity contribution is -0.154. The lowest BCUT2D eigenvalue weighted by Crippen LogP contribution is -2.31. The molecule has 0 unspecified atom stereocenters. The zero-order chi connectivity index (χ0) is 14.4. The van der Waals surface area contributed by atoms with Gasteiger partial charge in [-0.15, -0.1) is 0 Å². The number of esters is 1. The van der Waals surface area contributed by atoms with Crippen LogP contribution in [0.15, 0.2) is 47.3 Å². The third-order valence-electron chi connectivity index (χ3n) is 2.53. The number of carbonyl (C=O) groups is 2. The quantitative estimate of drug-likeness (QED) is 0.837. The van der Waals surface area contributed by atoms with Crippen LogP contribution >= 0.6 is 0 Å². The second-order valence-corrected chi connectivity index (χ2v) is 4.07. The van der Waals surface area contributed by atoms with Gasteiger partial charge in [0, 0.05) is 24.9 Å². The van der Waals surface area contributed by atoms with E-state index in [1.807, 2.05) is 0 Å². The highest BCUT2D eigenvalue weighted by Gasteiger charge is 2.23. The fourth-order valence-corrected chi connectivity index (χ4v) is 1.65. The van der Waals surface area contributed by atoms with Crippen LogP contribution in [-0.4, -0.2) is 16.9 Å². The average Bonchev–Trinajstić information content (AvgIpc) is 2.96. The van der Waals surface area contributed by atoms with Crippen LogP contribution in [0.1, 0.15) is 24.4 Å². The van der Waals surface area contributed by atoms with Crippen molar-refractivity contribution in [1.82, 2.24) is 10.3 Å². The van der Waals surface area contributed by atoms with E-state index in [2.05, 4.69) is 10.3 Å². The summed E-state index contributed by atoms with van der Waals surface area (Å²) in [6, 6.07) is 6.82. The second-order valence-electron chi connectivity index (χ2n) is 4.07. The fourth-order valence-electron chi connectivity index (χ4n) is 1.65. The number of nitrogens with zero attached hydrogens (tertiary/aromatic N) is 1. The first kappa shape index (κ1) is 13.8. The van der Waals surface area contributed by atoms with Crippen LogP contribution < -0.4 is 5.32 Å². The minimum absolute atomic E-state index is 0.226. The molecule has 0 saturated heterocycles. The third kappa shape index (κ3) is 3.68. The molecule has 0 spiro atoms. The van der Waals surface area contributed by atoms with Crippen molar-refractivity contribution in [2.75, 3.05) is 0 Å². The Kier molecular flexibility index (Phi) is 4.49. The Balaban J connectivity index is 2.06. The minimum atomic E-state index is -1.02. The van der Waals surface area contributed by atoms with Gasteiger partial charge < -0.3 is 14.5 Å². The number of pyridine rings is 1. The predicted molar refractivity (Wildman–Crippen MR) is 69.3 cm³/mol. The van der Waals surface area contributed by atoms with Crippen molar-refractivity contribution in [2.24, 2.45) is 0 Å². The average molecular weight is 274 g/mol. The van der Waals surface area contributed by atoms with E-state index >= 15 is 0 Å². The summed E-state index contributed by atoms with van der Waals surface area (Å²) in [4.78, 5) is 27.2. The Hall–Kier alpha value is -2.63. The van der Waals surface area contributed by atoms with Gasteiger partial charge in [0.1, 0.15) is 5.76 Å². The van der Waals surface area contributed by atoms with Gasteiger partial charge in [-0.25, -0.2) is 0 Å². The van der Waals surface area contributed by atoms with Crippen LogP contribution in [0.25, 0.3) is 0 Å². The largest absolute Gasteiger partial charge is 0.467 e. The topological polar surface area (TPSA) is 81.4 Å². The van der Waals surface area contributed by atoms with Crippen molar-refractivity contribution in [2.45, 2.75) is 19.6 Å². The van der Waals surface area contributed by atoms with Gasteiger partial charge in [0.2, 0.25) is 6.10 Å². The SMILES string of the molecule is CC(=O)O[C@H](C(=O)NCc1ccco1)c1cccnc1. The molecule has 2 aromatic heterocycles. The standard InChI is InChI=1S/C14H14N2O4/c1-10(17)20-13(11-4-2-6-15-8-11)14(18)16-9-12-5-3-7-19-12/h2-8,13H,9H2,1H3,(H,16,18)/t13-/m0/s1. The zero-order valence-electron chi connectivity index (χ0n) is 10.9. The van der Waals surface area contributed by atoms with E-state index in [4.69, 9.17) is 9.15 Å². The number of nitrogens with one attached hydrogen (secondary N) is 1. The normalized spacial score (nSPS) is 11.7. The Bertz CT molecular complexity index is 566. The molecule has 2 aromatic rings. The molecule has 1 amide bonds. The molecule has 0 radical (unpaired) electrons. The minimum Gasteiger partial charge on any atom is -0.467 e. The van der Waals surface area contributed by atoms with Gasteiger partial charge in [-0.2, -0.15) is 0 Å². The molecule has 0 bridgehead atoms. The van der Waals surface area contributed by atoms with E-state index in [1.165, 1.54) is 19.4 Å². The number of amides is 1. The lowest BCUT2D eigenvalue weighted by atomic mass is 10.1. The number of hydrogen-bond acceptors (Lipinski definition) is 5. The number of furan rings is 1. The summed E-state index contributed by atoms with van der Waals surface area (Å²) in [6.45, 7) is 1.48. The molecule has 1 atom stereocenters. The fraction of sp³-hybridized carbons (Fsp3) is 0.214. The third-order valence-corrected chi connectivity index (χ3v) is 2.53. The van der Waals surface area contributed by atoms with E-state index in [9.17, 15) is 9.59 Å². The van der Waals surface area contributed by atoms with E-state index in [1.54, 1.807) is 30.5 Å². The second kappa shape index (κ2) is 6.51. The molecule has 0 aliphatic carbocycles. The van der Waals surface area contributed by atoms with E-state index in [-0.39, 0.29) is 6.54 Å². The van der Waals surface area contributed by atoms with Gasteiger partial charge in [-0.05, 0) is 18.2 Å². The molecule has 6 heteroatoms. The van der Waals surface area contributed by atoms with Crippen molar-refractivity contribution < 1.29 is 18.7 Å². The molecule has 0 aliphatic heterocycles. The Morgan fingerprint density at radius 2 is 2.25 bits per heavy atom. The lowest BCUT2D eigenvalue weighted by Gasteiger charge is -2.16. The first-order valence-corrected chi connectivity index (χ1v) is 6.04. The monoisotopic (exact) mass is 274 g/mol.